The van der Waals surface area contributed by atoms with Crippen molar-refractivity contribution in [3.8, 4) is 5.75 Å². The highest BCUT2D eigenvalue weighted by Crippen LogP contribution is 2.36. The van der Waals surface area contributed by atoms with E-state index in [9.17, 15) is 9.18 Å². The monoisotopic (exact) mass is 345 g/mol. The maximum absolute atomic E-state index is 13.4. The molecule has 2 aromatic carbocycles. The number of rotatable bonds is 2. The number of benzene rings is 2. The number of carbonyl (C=O) groups excluding carboxylic acids is 1. The number of anilines is 1. The fraction of sp³-hybridized carbons (Fsp3) is 0.176. The number of nitrogens with one attached hydrogen (secondary N) is 2. The summed E-state index contributed by atoms with van der Waals surface area (Å²) < 4.78 is 19.0. The maximum atomic E-state index is 13.4. The SMILES string of the molecule is O=C(Nc1n[nH]c2ccc(F)cc12)C1CCOc2ccc(Cl)cc21. The minimum Gasteiger partial charge on any atom is -0.493 e. The van der Waals surface area contributed by atoms with Gasteiger partial charge in [-0.15, -0.1) is 0 Å². The molecule has 4 rings (SSSR count). The maximum Gasteiger partial charge on any atom is 0.233 e. The molecule has 0 bridgehead atoms. The van der Waals surface area contributed by atoms with Gasteiger partial charge in [-0.3, -0.25) is 9.89 Å². The predicted octanol–water partition coefficient (Wildman–Crippen LogP) is 3.86. The molecule has 0 aliphatic carbocycles. The molecular formula is C17H13ClFN3O2. The Morgan fingerprint density at radius 1 is 1.33 bits per heavy atom. The third kappa shape index (κ3) is 2.59. The van der Waals surface area contributed by atoms with Crippen LogP contribution >= 0.6 is 11.6 Å². The third-order valence-corrected chi connectivity index (χ3v) is 4.33. The number of fused-ring (bicyclic) bond motifs is 2. The number of hydrogen-bond donors (Lipinski definition) is 2. The van der Waals surface area contributed by atoms with Gasteiger partial charge in [0, 0.05) is 16.0 Å². The molecular weight excluding hydrogens is 333 g/mol. The normalized spacial score (nSPS) is 16.5. The van der Waals surface area contributed by atoms with Gasteiger partial charge in [0.05, 0.1) is 18.0 Å². The van der Waals surface area contributed by atoms with Crippen LogP contribution in [0.2, 0.25) is 5.02 Å². The first kappa shape index (κ1) is 15.0. The van der Waals surface area contributed by atoms with E-state index in [0.717, 1.165) is 5.56 Å². The van der Waals surface area contributed by atoms with Gasteiger partial charge in [-0.2, -0.15) is 5.10 Å². The number of H-pyrrole nitrogens is 1. The van der Waals surface area contributed by atoms with Gasteiger partial charge in [-0.1, -0.05) is 11.6 Å². The zero-order valence-corrected chi connectivity index (χ0v) is 13.2. The van der Waals surface area contributed by atoms with Crippen molar-refractivity contribution >= 4 is 34.2 Å². The van der Waals surface area contributed by atoms with Gasteiger partial charge in [0.2, 0.25) is 5.91 Å². The lowest BCUT2D eigenvalue weighted by Gasteiger charge is -2.25. The van der Waals surface area contributed by atoms with Crippen molar-refractivity contribution in [1.29, 1.82) is 0 Å². The molecule has 0 radical (unpaired) electrons. The standard InChI is InChI=1S/C17H13ClFN3O2/c18-9-1-4-15-12(7-9)11(5-6-24-15)17(23)20-16-13-8-10(19)2-3-14(13)21-22-16/h1-4,7-8,11H,5-6H2,(H2,20,21,22,23). The summed E-state index contributed by atoms with van der Waals surface area (Å²) in [5.41, 5.74) is 1.40. The van der Waals surface area contributed by atoms with Gasteiger partial charge in [0.1, 0.15) is 11.6 Å². The van der Waals surface area contributed by atoms with E-state index >= 15 is 0 Å². The van der Waals surface area contributed by atoms with E-state index in [0.29, 0.717) is 40.5 Å². The van der Waals surface area contributed by atoms with Gasteiger partial charge in [0.25, 0.3) is 0 Å². The molecule has 0 fully saturated rings. The smallest absolute Gasteiger partial charge is 0.233 e. The number of carbonyl (C=O) groups is 1. The molecule has 5 nitrogen and oxygen atoms in total. The highest BCUT2D eigenvalue weighted by atomic mass is 35.5. The quantitative estimate of drug-likeness (QED) is 0.741. The molecule has 1 unspecified atom stereocenters. The lowest BCUT2D eigenvalue weighted by molar-refractivity contribution is -0.118. The van der Waals surface area contributed by atoms with Crippen LogP contribution in [0.3, 0.4) is 0 Å². The largest absolute Gasteiger partial charge is 0.493 e. The van der Waals surface area contributed by atoms with Crippen LogP contribution in [-0.4, -0.2) is 22.7 Å². The summed E-state index contributed by atoms with van der Waals surface area (Å²) in [6, 6.07) is 9.48. The molecule has 2 heterocycles. The number of ether oxygens (including phenoxy) is 1. The molecule has 2 N–H and O–H groups in total. The summed E-state index contributed by atoms with van der Waals surface area (Å²) in [5, 5.41) is 10.7. The van der Waals surface area contributed by atoms with Gasteiger partial charge < -0.3 is 10.1 Å². The number of amides is 1. The van der Waals surface area contributed by atoms with Gasteiger partial charge in [-0.25, -0.2) is 4.39 Å². The molecule has 1 atom stereocenters. The molecule has 24 heavy (non-hydrogen) atoms. The minimum absolute atomic E-state index is 0.223. The van der Waals surface area contributed by atoms with E-state index in [2.05, 4.69) is 15.5 Å². The van der Waals surface area contributed by atoms with Crippen LogP contribution in [-0.2, 0) is 4.79 Å². The molecule has 3 aromatic rings. The van der Waals surface area contributed by atoms with E-state index in [4.69, 9.17) is 16.3 Å². The summed E-state index contributed by atoms with van der Waals surface area (Å²) in [6.07, 6.45) is 0.538. The molecule has 1 aliphatic heterocycles. The molecule has 122 valence electrons. The van der Waals surface area contributed by atoms with Gasteiger partial charge in [0.15, 0.2) is 5.82 Å². The summed E-state index contributed by atoms with van der Waals surface area (Å²) in [4.78, 5) is 12.7. The second-order valence-electron chi connectivity index (χ2n) is 5.62. The third-order valence-electron chi connectivity index (χ3n) is 4.09. The summed E-state index contributed by atoms with van der Waals surface area (Å²) in [6.45, 7) is 0.447. The molecule has 7 heteroatoms. The number of hydrogen-bond acceptors (Lipinski definition) is 3. The second kappa shape index (κ2) is 5.79. The Balaban J connectivity index is 1.65. The first-order valence-electron chi connectivity index (χ1n) is 7.48. The molecule has 1 aromatic heterocycles. The average molecular weight is 346 g/mol. The fourth-order valence-corrected chi connectivity index (χ4v) is 3.10. The number of halogens is 2. The van der Waals surface area contributed by atoms with E-state index in [1.807, 2.05) is 0 Å². The molecule has 0 spiro atoms. The second-order valence-corrected chi connectivity index (χ2v) is 6.06. The topological polar surface area (TPSA) is 67.0 Å². The van der Waals surface area contributed by atoms with Crippen LogP contribution in [0.4, 0.5) is 10.2 Å². The molecule has 1 amide bonds. The predicted molar refractivity (Wildman–Crippen MR) is 89.0 cm³/mol. The minimum atomic E-state index is -0.396. The Kier molecular flexibility index (Phi) is 3.61. The highest BCUT2D eigenvalue weighted by Gasteiger charge is 2.28. The number of aromatic nitrogens is 2. The highest BCUT2D eigenvalue weighted by molar-refractivity contribution is 6.30. The van der Waals surface area contributed by atoms with Crippen molar-refractivity contribution in [2.45, 2.75) is 12.3 Å². The van der Waals surface area contributed by atoms with E-state index in [1.54, 1.807) is 24.3 Å². The Morgan fingerprint density at radius 2 is 2.21 bits per heavy atom. The van der Waals surface area contributed by atoms with E-state index in [-0.39, 0.29) is 11.7 Å². The van der Waals surface area contributed by atoms with Crippen molar-refractivity contribution in [3.63, 3.8) is 0 Å². The first-order valence-corrected chi connectivity index (χ1v) is 7.86. The Bertz CT molecular complexity index is 941. The van der Waals surface area contributed by atoms with Crippen LogP contribution in [0.1, 0.15) is 17.9 Å². The van der Waals surface area contributed by atoms with Crippen molar-refractivity contribution in [2.75, 3.05) is 11.9 Å². The average Bonchev–Trinajstić information content (AvgIpc) is 2.96. The Labute approximate surface area is 141 Å². The van der Waals surface area contributed by atoms with Crippen LogP contribution < -0.4 is 10.1 Å². The molecule has 1 aliphatic rings. The van der Waals surface area contributed by atoms with Crippen molar-refractivity contribution in [1.82, 2.24) is 10.2 Å². The number of aromatic amines is 1. The van der Waals surface area contributed by atoms with Crippen LogP contribution in [0.15, 0.2) is 36.4 Å². The van der Waals surface area contributed by atoms with Gasteiger partial charge >= 0.3 is 0 Å². The zero-order chi connectivity index (χ0) is 16.7. The number of nitrogens with zero attached hydrogens (tertiary/aromatic N) is 1. The Morgan fingerprint density at radius 3 is 3.08 bits per heavy atom. The lowest BCUT2D eigenvalue weighted by atomic mass is 9.92. The van der Waals surface area contributed by atoms with Crippen LogP contribution in [0.5, 0.6) is 5.75 Å². The summed E-state index contributed by atoms with van der Waals surface area (Å²) in [7, 11) is 0. The summed E-state index contributed by atoms with van der Waals surface area (Å²) in [5.74, 6) is -0.0388. The molecule has 0 saturated carbocycles. The van der Waals surface area contributed by atoms with Crippen molar-refractivity contribution in [3.05, 3.63) is 52.8 Å². The van der Waals surface area contributed by atoms with Crippen LogP contribution in [0, 0.1) is 5.82 Å². The van der Waals surface area contributed by atoms with E-state index in [1.165, 1.54) is 12.1 Å². The van der Waals surface area contributed by atoms with Crippen molar-refractivity contribution in [2.24, 2.45) is 0 Å². The Hall–Kier alpha value is -2.60. The van der Waals surface area contributed by atoms with Crippen molar-refractivity contribution < 1.29 is 13.9 Å². The van der Waals surface area contributed by atoms with Gasteiger partial charge in [-0.05, 0) is 42.8 Å². The zero-order valence-electron chi connectivity index (χ0n) is 12.5. The fourth-order valence-electron chi connectivity index (χ4n) is 2.92. The van der Waals surface area contributed by atoms with Crippen LogP contribution in [0.25, 0.3) is 10.9 Å². The first-order chi connectivity index (χ1) is 11.6. The lowest BCUT2D eigenvalue weighted by Crippen LogP contribution is -2.26. The molecule has 0 saturated heterocycles. The van der Waals surface area contributed by atoms with E-state index < -0.39 is 5.92 Å². The summed E-state index contributed by atoms with van der Waals surface area (Å²) >= 11 is 6.04.